The molecule has 0 spiro atoms. The zero-order chi connectivity index (χ0) is 14.1. The van der Waals surface area contributed by atoms with Gasteiger partial charge in [0.15, 0.2) is 0 Å². The maximum atomic E-state index is 11.9. The average Bonchev–Trinajstić information content (AvgIpc) is 2.40. The number of hydrogen-bond donors (Lipinski definition) is 2. The van der Waals surface area contributed by atoms with Crippen LogP contribution in [0.15, 0.2) is 18.2 Å². The Balaban J connectivity index is 2.26. The van der Waals surface area contributed by atoms with Crippen LogP contribution in [0, 0.1) is 6.92 Å². The zero-order valence-electron chi connectivity index (χ0n) is 11.9. The number of anilines is 1. The van der Waals surface area contributed by atoms with Crippen LogP contribution in [-0.2, 0) is 4.74 Å². The molecular formula is C15H24N2O2. The summed E-state index contributed by atoms with van der Waals surface area (Å²) in [5.41, 5.74) is 7.88. The molecule has 1 amide bonds. The molecule has 0 bridgehead atoms. The van der Waals surface area contributed by atoms with Gasteiger partial charge in [-0.15, -0.1) is 0 Å². The molecule has 0 aliphatic carbocycles. The minimum atomic E-state index is -0.116. The number of unbranched alkanes of at least 4 members (excludes halogenated alkanes) is 1. The average molecular weight is 264 g/mol. The van der Waals surface area contributed by atoms with Gasteiger partial charge in [0, 0.05) is 25.4 Å². The summed E-state index contributed by atoms with van der Waals surface area (Å²) in [4.78, 5) is 11.9. The molecular weight excluding hydrogens is 240 g/mol. The molecule has 4 heteroatoms. The molecule has 0 unspecified atom stereocenters. The van der Waals surface area contributed by atoms with E-state index >= 15 is 0 Å². The van der Waals surface area contributed by atoms with E-state index in [-0.39, 0.29) is 5.91 Å². The quantitative estimate of drug-likeness (QED) is 0.560. The number of nitrogens with two attached hydrogens (primary N) is 1. The molecule has 0 radical (unpaired) electrons. The van der Waals surface area contributed by atoms with Crippen molar-refractivity contribution in [3.05, 3.63) is 29.3 Å². The summed E-state index contributed by atoms with van der Waals surface area (Å²) >= 11 is 0. The van der Waals surface area contributed by atoms with Crippen LogP contribution in [0.3, 0.4) is 0 Å². The number of nitrogens with one attached hydrogen (secondary N) is 1. The number of carbonyl (C=O) groups excluding carboxylic acids is 1. The van der Waals surface area contributed by atoms with Crippen molar-refractivity contribution in [3.63, 3.8) is 0 Å². The normalized spacial score (nSPS) is 10.4. The van der Waals surface area contributed by atoms with Gasteiger partial charge in [-0.1, -0.05) is 25.0 Å². The SMILES string of the molecule is CCCCOCCCNC(=O)c1cc(C)ccc1N. The molecule has 0 atom stereocenters. The third kappa shape index (κ3) is 5.75. The second kappa shape index (κ2) is 8.53. The Kier molecular flexibility index (Phi) is 6.97. The lowest BCUT2D eigenvalue weighted by Crippen LogP contribution is -2.26. The molecule has 0 aliphatic rings. The molecule has 0 aromatic heterocycles. The van der Waals surface area contributed by atoms with Gasteiger partial charge in [0.25, 0.3) is 5.91 Å². The smallest absolute Gasteiger partial charge is 0.253 e. The highest BCUT2D eigenvalue weighted by Crippen LogP contribution is 2.13. The fraction of sp³-hybridized carbons (Fsp3) is 0.533. The number of rotatable bonds is 8. The summed E-state index contributed by atoms with van der Waals surface area (Å²) in [5, 5.41) is 2.86. The van der Waals surface area contributed by atoms with E-state index in [0.717, 1.165) is 31.4 Å². The second-order valence-electron chi connectivity index (χ2n) is 4.67. The van der Waals surface area contributed by atoms with Gasteiger partial charge in [-0.05, 0) is 31.9 Å². The minimum absolute atomic E-state index is 0.116. The van der Waals surface area contributed by atoms with Gasteiger partial charge in [0.05, 0.1) is 5.56 Å². The summed E-state index contributed by atoms with van der Waals surface area (Å²) in [6.45, 7) is 6.17. The van der Waals surface area contributed by atoms with Crippen LogP contribution in [0.5, 0.6) is 0 Å². The molecule has 0 aliphatic heterocycles. The fourth-order valence-electron chi connectivity index (χ4n) is 1.69. The van der Waals surface area contributed by atoms with Crippen molar-refractivity contribution < 1.29 is 9.53 Å². The number of carbonyl (C=O) groups is 1. The molecule has 0 heterocycles. The monoisotopic (exact) mass is 264 g/mol. The number of aryl methyl sites for hydroxylation is 1. The minimum Gasteiger partial charge on any atom is -0.398 e. The summed E-state index contributed by atoms with van der Waals surface area (Å²) < 4.78 is 5.43. The summed E-state index contributed by atoms with van der Waals surface area (Å²) in [6.07, 6.45) is 3.05. The molecule has 0 saturated carbocycles. The molecule has 0 saturated heterocycles. The third-order valence-corrected chi connectivity index (χ3v) is 2.85. The molecule has 1 aromatic carbocycles. The number of amides is 1. The molecule has 106 valence electrons. The van der Waals surface area contributed by atoms with E-state index in [0.29, 0.717) is 24.4 Å². The van der Waals surface area contributed by atoms with Crippen LogP contribution in [0.4, 0.5) is 5.69 Å². The second-order valence-corrected chi connectivity index (χ2v) is 4.67. The third-order valence-electron chi connectivity index (χ3n) is 2.85. The highest BCUT2D eigenvalue weighted by Gasteiger charge is 2.08. The van der Waals surface area contributed by atoms with Gasteiger partial charge in [0.2, 0.25) is 0 Å². The predicted molar refractivity (Wildman–Crippen MR) is 78.3 cm³/mol. The van der Waals surface area contributed by atoms with Gasteiger partial charge >= 0.3 is 0 Å². The van der Waals surface area contributed by atoms with Crippen molar-refractivity contribution in [2.75, 3.05) is 25.5 Å². The number of benzene rings is 1. The highest BCUT2D eigenvalue weighted by molar-refractivity contribution is 5.99. The lowest BCUT2D eigenvalue weighted by molar-refractivity contribution is 0.0941. The maximum absolute atomic E-state index is 11.9. The maximum Gasteiger partial charge on any atom is 0.253 e. The first-order valence-corrected chi connectivity index (χ1v) is 6.87. The molecule has 0 fully saturated rings. The van der Waals surface area contributed by atoms with Crippen LogP contribution in [0.1, 0.15) is 42.1 Å². The van der Waals surface area contributed by atoms with Crippen molar-refractivity contribution >= 4 is 11.6 Å². The van der Waals surface area contributed by atoms with E-state index in [9.17, 15) is 4.79 Å². The van der Waals surface area contributed by atoms with Crippen LogP contribution in [0.25, 0.3) is 0 Å². The highest BCUT2D eigenvalue weighted by atomic mass is 16.5. The lowest BCUT2D eigenvalue weighted by atomic mass is 10.1. The molecule has 3 N–H and O–H groups in total. The molecule has 1 rings (SSSR count). The van der Waals surface area contributed by atoms with E-state index in [1.54, 1.807) is 6.07 Å². The van der Waals surface area contributed by atoms with Crippen LogP contribution >= 0.6 is 0 Å². The summed E-state index contributed by atoms with van der Waals surface area (Å²) in [5.74, 6) is -0.116. The zero-order valence-corrected chi connectivity index (χ0v) is 11.9. The Morgan fingerprint density at radius 3 is 2.79 bits per heavy atom. The number of ether oxygens (including phenoxy) is 1. The van der Waals surface area contributed by atoms with E-state index in [1.807, 2.05) is 19.1 Å². The van der Waals surface area contributed by atoms with Crippen LogP contribution in [0.2, 0.25) is 0 Å². The van der Waals surface area contributed by atoms with Gasteiger partial charge in [-0.3, -0.25) is 4.79 Å². The first-order valence-electron chi connectivity index (χ1n) is 6.87. The first-order chi connectivity index (χ1) is 9.15. The van der Waals surface area contributed by atoms with Crippen molar-refractivity contribution in [2.24, 2.45) is 0 Å². The molecule has 1 aromatic rings. The summed E-state index contributed by atoms with van der Waals surface area (Å²) in [6, 6.07) is 5.47. The Hall–Kier alpha value is -1.55. The fourth-order valence-corrected chi connectivity index (χ4v) is 1.69. The number of hydrogen-bond acceptors (Lipinski definition) is 3. The van der Waals surface area contributed by atoms with E-state index in [1.165, 1.54) is 0 Å². The van der Waals surface area contributed by atoms with E-state index in [2.05, 4.69) is 12.2 Å². The van der Waals surface area contributed by atoms with Crippen molar-refractivity contribution in [2.45, 2.75) is 33.1 Å². The van der Waals surface area contributed by atoms with Gasteiger partial charge in [-0.2, -0.15) is 0 Å². The van der Waals surface area contributed by atoms with Crippen LogP contribution in [-0.4, -0.2) is 25.7 Å². The lowest BCUT2D eigenvalue weighted by Gasteiger charge is -2.08. The number of nitrogen functional groups attached to an aromatic ring is 1. The van der Waals surface area contributed by atoms with Crippen molar-refractivity contribution in [3.8, 4) is 0 Å². The molecule has 4 nitrogen and oxygen atoms in total. The van der Waals surface area contributed by atoms with Gasteiger partial charge in [0.1, 0.15) is 0 Å². The largest absolute Gasteiger partial charge is 0.398 e. The standard InChI is InChI=1S/C15H24N2O2/c1-3-4-9-19-10-5-8-17-15(18)13-11-12(2)6-7-14(13)16/h6-7,11H,3-5,8-10,16H2,1-2H3,(H,17,18). The van der Waals surface area contributed by atoms with Crippen molar-refractivity contribution in [1.82, 2.24) is 5.32 Å². The Morgan fingerprint density at radius 1 is 1.32 bits per heavy atom. The predicted octanol–water partition coefficient (Wildman–Crippen LogP) is 2.51. The Bertz CT molecular complexity index is 405. The van der Waals surface area contributed by atoms with E-state index in [4.69, 9.17) is 10.5 Å². The molecule has 19 heavy (non-hydrogen) atoms. The van der Waals surface area contributed by atoms with Crippen molar-refractivity contribution in [1.29, 1.82) is 0 Å². The first kappa shape index (κ1) is 15.5. The Morgan fingerprint density at radius 2 is 2.05 bits per heavy atom. The topological polar surface area (TPSA) is 64.3 Å². The van der Waals surface area contributed by atoms with E-state index < -0.39 is 0 Å². The van der Waals surface area contributed by atoms with Gasteiger partial charge in [-0.25, -0.2) is 0 Å². The van der Waals surface area contributed by atoms with Gasteiger partial charge < -0.3 is 15.8 Å². The summed E-state index contributed by atoms with van der Waals surface area (Å²) in [7, 11) is 0. The van der Waals surface area contributed by atoms with Crippen LogP contribution < -0.4 is 11.1 Å². The Labute approximate surface area is 115 Å².